The van der Waals surface area contributed by atoms with Gasteiger partial charge in [-0.2, -0.15) is 0 Å². The SMILES string of the molecule is CCC1(Cn2c(Cl)nnc2C2CC2)CC1. The van der Waals surface area contributed by atoms with Crippen LogP contribution in [0.3, 0.4) is 0 Å². The predicted octanol–water partition coefficient (Wildman–Crippen LogP) is 3.00. The van der Waals surface area contributed by atoms with E-state index >= 15 is 0 Å². The van der Waals surface area contributed by atoms with Crippen molar-refractivity contribution in [2.24, 2.45) is 5.41 Å². The minimum Gasteiger partial charge on any atom is -0.301 e. The summed E-state index contributed by atoms with van der Waals surface area (Å²) in [5.74, 6) is 1.76. The van der Waals surface area contributed by atoms with Gasteiger partial charge in [0, 0.05) is 12.5 Å². The molecule has 0 unspecified atom stereocenters. The van der Waals surface area contributed by atoms with Gasteiger partial charge in [-0.15, -0.1) is 10.2 Å². The second kappa shape index (κ2) is 3.21. The molecule has 0 atom stereocenters. The smallest absolute Gasteiger partial charge is 0.225 e. The van der Waals surface area contributed by atoms with Crippen molar-refractivity contribution in [3.05, 3.63) is 11.1 Å². The van der Waals surface area contributed by atoms with E-state index in [0.29, 0.717) is 16.6 Å². The van der Waals surface area contributed by atoms with Crippen LogP contribution in [0.5, 0.6) is 0 Å². The maximum atomic E-state index is 6.10. The molecule has 0 aromatic carbocycles. The number of aromatic nitrogens is 3. The van der Waals surface area contributed by atoms with Crippen LogP contribution in [0.15, 0.2) is 0 Å². The molecule has 0 aliphatic heterocycles. The molecule has 4 heteroatoms. The van der Waals surface area contributed by atoms with Crippen LogP contribution in [0.1, 0.15) is 50.8 Å². The zero-order valence-corrected chi connectivity index (χ0v) is 9.80. The minimum absolute atomic E-state index is 0.510. The first-order valence-corrected chi connectivity index (χ1v) is 6.20. The van der Waals surface area contributed by atoms with E-state index in [9.17, 15) is 0 Å². The molecule has 1 aromatic heterocycles. The number of nitrogens with zero attached hydrogens (tertiary/aromatic N) is 3. The van der Waals surface area contributed by atoms with Gasteiger partial charge < -0.3 is 4.57 Å². The lowest BCUT2D eigenvalue weighted by atomic mass is 10.0. The van der Waals surface area contributed by atoms with Crippen LogP contribution < -0.4 is 0 Å². The highest BCUT2D eigenvalue weighted by Crippen LogP contribution is 2.51. The molecule has 2 saturated carbocycles. The Morgan fingerprint density at radius 3 is 2.67 bits per heavy atom. The fourth-order valence-corrected chi connectivity index (χ4v) is 2.40. The zero-order chi connectivity index (χ0) is 10.5. The summed E-state index contributed by atoms with van der Waals surface area (Å²) in [5, 5.41) is 8.79. The monoisotopic (exact) mass is 225 g/mol. The van der Waals surface area contributed by atoms with E-state index in [1.165, 1.54) is 32.1 Å². The Morgan fingerprint density at radius 1 is 1.40 bits per heavy atom. The molecule has 0 spiro atoms. The fraction of sp³-hybridized carbons (Fsp3) is 0.818. The predicted molar refractivity (Wildman–Crippen MR) is 59.0 cm³/mol. The quantitative estimate of drug-likeness (QED) is 0.789. The Bertz CT molecular complexity index is 377. The Labute approximate surface area is 94.8 Å². The second-order valence-electron chi connectivity index (χ2n) is 5.04. The summed E-state index contributed by atoms with van der Waals surface area (Å²) in [5.41, 5.74) is 0.510. The molecule has 15 heavy (non-hydrogen) atoms. The third-order valence-corrected chi connectivity index (χ3v) is 4.16. The summed E-state index contributed by atoms with van der Waals surface area (Å²) in [4.78, 5) is 0. The summed E-state index contributed by atoms with van der Waals surface area (Å²) in [6.45, 7) is 3.29. The minimum atomic E-state index is 0.510. The molecule has 0 radical (unpaired) electrons. The summed E-state index contributed by atoms with van der Waals surface area (Å²) >= 11 is 6.10. The molecule has 2 aliphatic carbocycles. The van der Waals surface area contributed by atoms with Gasteiger partial charge in [-0.05, 0) is 49.1 Å². The molecule has 0 N–H and O–H groups in total. The van der Waals surface area contributed by atoms with E-state index in [4.69, 9.17) is 11.6 Å². The zero-order valence-electron chi connectivity index (χ0n) is 9.04. The van der Waals surface area contributed by atoms with E-state index in [0.717, 1.165) is 12.4 Å². The average Bonchev–Trinajstić information content (AvgIpc) is 3.12. The van der Waals surface area contributed by atoms with E-state index in [2.05, 4.69) is 21.7 Å². The topological polar surface area (TPSA) is 30.7 Å². The molecule has 1 heterocycles. The van der Waals surface area contributed by atoms with Crippen molar-refractivity contribution in [3.8, 4) is 0 Å². The van der Waals surface area contributed by atoms with Crippen LogP contribution in [-0.4, -0.2) is 14.8 Å². The average molecular weight is 226 g/mol. The summed E-state index contributed by atoms with van der Waals surface area (Å²) in [6.07, 6.45) is 6.43. The number of hydrogen-bond donors (Lipinski definition) is 0. The first-order chi connectivity index (χ1) is 7.24. The lowest BCUT2D eigenvalue weighted by Crippen LogP contribution is -2.13. The molecule has 0 bridgehead atoms. The van der Waals surface area contributed by atoms with Crippen LogP contribution in [0.2, 0.25) is 5.28 Å². The van der Waals surface area contributed by atoms with Crippen molar-refractivity contribution in [1.29, 1.82) is 0 Å². The van der Waals surface area contributed by atoms with Gasteiger partial charge in [0.05, 0.1) is 0 Å². The Kier molecular flexibility index (Phi) is 2.06. The van der Waals surface area contributed by atoms with Gasteiger partial charge in [-0.25, -0.2) is 0 Å². The fourth-order valence-electron chi connectivity index (χ4n) is 2.22. The van der Waals surface area contributed by atoms with E-state index in [1.807, 2.05) is 0 Å². The van der Waals surface area contributed by atoms with Gasteiger partial charge >= 0.3 is 0 Å². The largest absolute Gasteiger partial charge is 0.301 e. The maximum Gasteiger partial charge on any atom is 0.225 e. The van der Waals surface area contributed by atoms with E-state index < -0.39 is 0 Å². The van der Waals surface area contributed by atoms with Crippen LogP contribution in [-0.2, 0) is 6.54 Å². The summed E-state index contributed by atoms with van der Waals surface area (Å²) in [6, 6.07) is 0. The van der Waals surface area contributed by atoms with Gasteiger partial charge in [-0.3, -0.25) is 0 Å². The maximum absolute atomic E-state index is 6.10. The summed E-state index contributed by atoms with van der Waals surface area (Å²) in [7, 11) is 0. The third-order valence-electron chi connectivity index (χ3n) is 3.88. The molecule has 0 saturated heterocycles. The van der Waals surface area contributed by atoms with Crippen molar-refractivity contribution in [2.75, 3.05) is 0 Å². The van der Waals surface area contributed by atoms with Crippen LogP contribution in [0, 0.1) is 5.41 Å². The molecule has 2 fully saturated rings. The van der Waals surface area contributed by atoms with Crippen molar-refractivity contribution >= 4 is 11.6 Å². The highest BCUT2D eigenvalue weighted by molar-refractivity contribution is 6.28. The molecule has 3 rings (SSSR count). The van der Waals surface area contributed by atoms with Crippen molar-refractivity contribution in [3.63, 3.8) is 0 Å². The Morgan fingerprint density at radius 2 is 2.13 bits per heavy atom. The number of halogens is 1. The Hall–Kier alpha value is -0.570. The first-order valence-electron chi connectivity index (χ1n) is 5.83. The van der Waals surface area contributed by atoms with Gasteiger partial charge in [0.1, 0.15) is 5.82 Å². The summed E-state index contributed by atoms with van der Waals surface area (Å²) < 4.78 is 2.15. The van der Waals surface area contributed by atoms with E-state index in [1.54, 1.807) is 0 Å². The lowest BCUT2D eigenvalue weighted by molar-refractivity contribution is 0.401. The molecular weight excluding hydrogens is 210 g/mol. The molecular formula is C11H16ClN3. The van der Waals surface area contributed by atoms with Crippen LogP contribution in [0.25, 0.3) is 0 Å². The van der Waals surface area contributed by atoms with Gasteiger partial charge in [-0.1, -0.05) is 6.92 Å². The van der Waals surface area contributed by atoms with Gasteiger partial charge in [0.2, 0.25) is 5.28 Å². The third kappa shape index (κ3) is 1.67. The van der Waals surface area contributed by atoms with Gasteiger partial charge in [0.25, 0.3) is 0 Å². The van der Waals surface area contributed by atoms with Gasteiger partial charge in [0.15, 0.2) is 0 Å². The van der Waals surface area contributed by atoms with Crippen molar-refractivity contribution < 1.29 is 0 Å². The molecule has 2 aliphatic rings. The highest BCUT2D eigenvalue weighted by Gasteiger charge is 2.42. The second-order valence-corrected chi connectivity index (χ2v) is 5.38. The normalized spacial score (nSPS) is 23.1. The van der Waals surface area contributed by atoms with E-state index in [-0.39, 0.29) is 0 Å². The standard InChI is InChI=1S/C11H16ClN3/c1-2-11(5-6-11)7-15-9(8-3-4-8)13-14-10(15)12/h8H,2-7H2,1H3. The lowest BCUT2D eigenvalue weighted by Gasteiger charge is -2.15. The first kappa shape index (κ1) is 9.64. The number of rotatable bonds is 4. The van der Waals surface area contributed by atoms with Crippen LogP contribution >= 0.6 is 11.6 Å². The molecule has 0 amide bonds. The van der Waals surface area contributed by atoms with Crippen LogP contribution in [0.4, 0.5) is 0 Å². The molecule has 1 aromatic rings. The highest BCUT2D eigenvalue weighted by atomic mass is 35.5. The molecule has 3 nitrogen and oxygen atoms in total. The van der Waals surface area contributed by atoms with Crippen molar-refractivity contribution in [1.82, 2.24) is 14.8 Å². The molecule has 82 valence electrons. The van der Waals surface area contributed by atoms with Crippen molar-refractivity contribution in [2.45, 2.75) is 51.5 Å². The number of hydrogen-bond acceptors (Lipinski definition) is 2. The Balaban J connectivity index is 1.86.